The van der Waals surface area contributed by atoms with Crippen LogP contribution in [0.15, 0.2) is 18.5 Å². The molecule has 0 radical (unpaired) electrons. The normalized spacial score (nSPS) is 28.0. The molecular weight excluding hydrogens is 298 g/mol. The second-order valence-corrected chi connectivity index (χ2v) is 8.10. The average molecular weight is 321 g/mol. The van der Waals surface area contributed by atoms with Crippen molar-refractivity contribution in [3.05, 3.63) is 18.5 Å². The zero-order valence-electron chi connectivity index (χ0n) is 12.8. The zero-order chi connectivity index (χ0) is 14.8. The predicted molar refractivity (Wildman–Crippen MR) is 87.3 cm³/mol. The summed E-state index contributed by atoms with van der Waals surface area (Å²) < 4.78 is 12.0. The van der Waals surface area contributed by atoms with Crippen LogP contribution in [0.2, 0.25) is 0 Å². The second kappa shape index (κ2) is 6.34. The summed E-state index contributed by atoms with van der Waals surface area (Å²) in [6.07, 6.45) is 7.54. The maximum atomic E-state index is 6.19. The monoisotopic (exact) mass is 321 g/mol. The van der Waals surface area contributed by atoms with Gasteiger partial charge in [-0.3, -0.25) is 0 Å². The first-order valence-corrected chi connectivity index (χ1v) is 9.17. The van der Waals surface area contributed by atoms with Gasteiger partial charge in [0.1, 0.15) is 0 Å². The minimum Gasteiger partial charge on any atom is -0.381 e. The molecule has 3 aliphatic rings. The third kappa shape index (κ3) is 3.09. The summed E-state index contributed by atoms with van der Waals surface area (Å²) in [5, 5.41) is 0. The molecule has 6 heteroatoms. The van der Waals surface area contributed by atoms with Crippen molar-refractivity contribution in [2.75, 3.05) is 43.6 Å². The van der Waals surface area contributed by atoms with Crippen LogP contribution in [0.4, 0.5) is 5.95 Å². The standard InChI is InChI=1S/C16H23N3O2S/c1-4-17-15(18-5-1)19-11-16(12-19)8-14(10-22-16)21-9-13-2-6-20-7-3-13/h1,4-5,13-14H,2-3,6-12H2/t14-/m0/s1. The molecule has 5 nitrogen and oxygen atoms in total. The number of ether oxygens (including phenoxy) is 2. The molecular formula is C16H23N3O2S. The quantitative estimate of drug-likeness (QED) is 0.845. The van der Waals surface area contributed by atoms with Crippen molar-refractivity contribution in [3.8, 4) is 0 Å². The Kier molecular flexibility index (Phi) is 4.24. The lowest BCUT2D eigenvalue weighted by Gasteiger charge is -2.47. The fraction of sp³-hybridized carbons (Fsp3) is 0.750. The maximum Gasteiger partial charge on any atom is 0.225 e. The number of hydrogen-bond donors (Lipinski definition) is 0. The van der Waals surface area contributed by atoms with Crippen molar-refractivity contribution >= 4 is 17.7 Å². The zero-order valence-corrected chi connectivity index (χ0v) is 13.6. The SMILES string of the molecule is c1cnc(N2CC3(C[C@H](OCC4CCOCC4)CS3)C2)nc1. The van der Waals surface area contributed by atoms with E-state index in [0.29, 0.717) is 16.8 Å². The molecule has 1 atom stereocenters. The Morgan fingerprint density at radius 2 is 2.05 bits per heavy atom. The smallest absolute Gasteiger partial charge is 0.225 e. The number of nitrogens with zero attached hydrogens (tertiary/aromatic N) is 3. The van der Waals surface area contributed by atoms with Crippen molar-refractivity contribution in [2.45, 2.75) is 30.1 Å². The van der Waals surface area contributed by atoms with E-state index in [1.165, 1.54) is 6.42 Å². The number of hydrogen-bond acceptors (Lipinski definition) is 6. The van der Waals surface area contributed by atoms with E-state index in [1.54, 1.807) is 0 Å². The summed E-state index contributed by atoms with van der Waals surface area (Å²) in [6.45, 7) is 4.83. The molecule has 1 aromatic rings. The highest BCUT2D eigenvalue weighted by Gasteiger charge is 2.50. The van der Waals surface area contributed by atoms with Crippen LogP contribution in [-0.2, 0) is 9.47 Å². The molecule has 3 aliphatic heterocycles. The van der Waals surface area contributed by atoms with E-state index in [-0.39, 0.29) is 0 Å². The van der Waals surface area contributed by atoms with Crippen molar-refractivity contribution in [1.82, 2.24) is 9.97 Å². The molecule has 4 heterocycles. The lowest BCUT2D eigenvalue weighted by Crippen LogP contribution is -2.59. The number of aromatic nitrogens is 2. The molecule has 120 valence electrons. The fourth-order valence-electron chi connectivity index (χ4n) is 3.56. The molecule has 3 fully saturated rings. The van der Waals surface area contributed by atoms with Gasteiger partial charge in [-0.1, -0.05) is 0 Å². The number of anilines is 1. The van der Waals surface area contributed by atoms with E-state index >= 15 is 0 Å². The van der Waals surface area contributed by atoms with E-state index < -0.39 is 0 Å². The Hall–Kier alpha value is -0.850. The first-order valence-electron chi connectivity index (χ1n) is 8.18. The van der Waals surface area contributed by atoms with Crippen LogP contribution in [0.3, 0.4) is 0 Å². The maximum absolute atomic E-state index is 6.19. The van der Waals surface area contributed by atoms with E-state index in [2.05, 4.69) is 26.6 Å². The van der Waals surface area contributed by atoms with Crippen LogP contribution in [-0.4, -0.2) is 59.5 Å². The van der Waals surface area contributed by atoms with Gasteiger partial charge in [0.2, 0.25) is 5.95 Å². The van der Waals surface area contributed by atoms with Crippen molar-refractivity contribution in [2.24, 2.45) is 5.92 Å². The van der Waals surface area contributed by atoms with Gasteiger partial charge >= 0.3 is 0 Å². The molecule has 1 aromatic heterocycles. The molecule has 0 saturated carbocycles. The predicted octanol–water partition coefficient (Wildman–Crippen LogP) is 1.98. The minimum absolute atomic E-state index is 0.375. The Bertz CT molecular complexity index is 489. The van der Waals surface area contributed by atoms with Gasteiger partial charge in [-0.15, -0.1) is 11.8 Å². The molecule has 0 aliphatic carbocycles. The molecule has 22 heavy (non-hydrogen) atoms. The number of rotatable bonds is 4. The summed E-state index contributed by atoms with van der Waals surface area (Å²) in [7, 11) is 0. The van der Waals surface area contributed by atoms with Crippen LogP contribution in [0.25, 0.3) is 0 Å². The molecule has 0 unspecified atom stereocenters. The topological polar surface area (TPSA) is 47.5 Å². The van der Waals surface area contributed by atoms with Gasteiger partial charge in [-0.2, -0.15) is 0 Å². The third-order valence-corrected chi connectivity index (χ3v) is 6.45. The van der Waals surface area contributed by atoms with E-state index in [1.807, 2.05) is 18.5 Å². The van der Waals surface area contributed by atoms with E-state index in [4.69, 9.17) is 9.47 Å². The number of thioether (sulfide) groups is 1. The Morgan fingerprint density at radius 1 is 1.27 bits per heavy atom. The first kappa shape index (κ1) is 14.7. The lowest BCUT2D eigenvalue weighted by molar-refractivity contribution is -0.00652. The van der Waals surface area contributed by atoms with Crippen LogP contribution in [0, 0.1) is 5.92 Å². The third-order valence-electron chi connectivity index (χ3n) is 4.88. The highest BCUT2D eigenvalue weighted by atomic mass is 32.2. The Balaban J connectivity index is 1.23. The van der Waals surface area contributed by atoms with Crippen LogP contribution in [0.5, 0.6) is 0 Å². The average Bonchev–Trinajstić information content (AvgIpc) is 2.98. The molecule has 0 amide bonds. The minimum atomic E-state index is 0.375. The first-order chi connectivity index (χ1) is 10.8. The second-order valence-electron chi connectivity index (χ2n) is 6.61. The van der Waals surface area contributed by atoms with Crippen molar-refractivity contribution in [1.29, 1.82) is 0 Å². The molecule has 4 rings (SSSR count). The van der Waals surface area contributed by atoms with Gasteiger partial charge in [-0.25, -0.2) is 9.97 Å². The molecule has 3 saturated heterocycles. The van der Waals surface area contributed by atoms with Crippen LogP contribution >= 0.6 is 11.8 Å². The van der Waals surface area contributed by atoms with Crippen molar-refractivity contribution in [3.63, 3.8) is 0 Å². The van der Waals surface area contributed by atoms with Gasteiger partial charge < -0.3 is 14.4 Å². The van der Waals surface area contributed by atoms with E-state index in [9.17, 15) is 0 Å². The van der Waals surface area contributed by atoms with Crippen LogP contribution < -0.4 is 4.90 Å². The lowest BCUT2D eigenvalue weighted by atomic mass is 9.93. The van der Waals surface area contributed by atoms with Gasteiger partial charge in [0.25, 0.3) is 0 Å². The summed E-state index contributed by atoms with van der Waals surface area (Å²) >= 11 is 2.08. The summed E-state index contributed by atoms with van der Waals surface area (Å²) in [5.41, 5.74) is 0. The van der Waals surface area contributed by atoms with Gasteiger partial charge in [0, 0.05) is 51.1 Å². The summed E-state index contributed by atoms with van der Waals surface area (Å²) in [5.74, 6) is 2.69. The van der Waals surface area contributed by atoms with E-state index in [0.717, 1.165) is 57.5 Å². The largest absolute Gasteiger partial charge is 0.381 e. The molecule has 0 N–H and O–H groups in total. The van der Waals surface area contributed by atoms with Gasteiger partial charge in [0.05, 0.1) is 10.9 Å². The highest BCUT2D eigenvalue weighted by molar-refractivity contribution is 8.01. The Morgan fingerprint density at radius 3 is 2.82 bits per heavy atom. The summed E-state index contributed by atoms with van der Waals surface area (Å²) in [6, 6.07) is 1.86. The Labute approximate surface area is 135 Å². The summed E-state index contributed by atoms with van der Waals surface area (Å²) in [4.78, 5) is 10.9. The molecule has 0 aromatic carbocycles. The van der Waals surface area contributed by atoms with Crippen LogP contribution in [0.1, 0.15) is 19.3 Å². The van der Waals surface area contributed by atoms with Gasteiger partial charge in [-0.05, 0) is 31.2 Å². The molecule has 0 bridgehead atoms. The van der Waals surface area contributed by atoms with Gasteiger partial charge in [0.15, 0.2) is 0 Å². The van der Waals surface area contributed by atoms with Crippen molar-refractivity contribution < 1.29 is 9.47 Å². The molecule has 1 spiro atoms. The fourth-order valence-corrected chi connectivity index (χ4v) is 5.11. The highest BCUT2D eigenvalue weighted by Crippen LogP contribution is 2.46.